The number of nitrogens with one attached hydrogen (secondary N) is 1. The molecule has 1 aromatic carbocycles. The molecule has 1 aliphatic heterocycles. The van der Waals surface area contributed by atoms with E-state index in [4.69, 9.17) is 0 Å². The molecule has 1 fully saturated rings. The summed E-state index contributed by atoms with van der Waals surface area (Å²) in [7, 11) is 0. The van der Waals surface area contributed by atoms with Gasteiger partial charge in [-0.25, -0.2) is 0 Å². The molecule has 1 heterocycles. The molecule has 1 N–H and O–H groups in total. The fourth-order valence-corrected chi connectivity index (χ4v) is 3.68. The molecule has 1 saturated heterocycles. The summed E-state index contributed by atoms with van der Waals surface area (Å²) >= 11 is 0. The molecule has 2 aliphatic rings. The van der Waals surface area contributed by atoms with Crippen LogP contribution in [0.2, 0.25) is 0 Å². The molecule has 0 atom stereocenters. The second-order valence-corrected chi connectivity index (χ2v) is 7.18. The molecular weight excluding hydrogens is 310 g/mol. The van der Waals surface area contributed by atoms with Crippen molar-refractivity contribution in [2.45, 2.75) is 38.6 Å². The highest BCUT2D eigenvalue weighted by Gasteiger charge is 2.20. The Hall–Kier alpha value is -1.65. The number of carbonyl (C=O) groups is 1. The standard InChI is InChI=1S/C21H31N3O/c25-21(17-22-12-11-19-7-3-1-4-8-19)24-15-13-23(14-16-24)18-20-9-5-2-6-10-20/h2,5-7,9-10,22H,1,3-4,8,11-18H2. The first kappa shape index (κ1) is 18.2. The van der Waals surface area contributed by atoms with Crippen molar-refractivity contribution in [2.75, 3.05) is 39.3 Å². The van der Waals surface area contributed by atoms with Gasteiger partial charge < -0.3 is 10.2 Å². The van der Waals surface area contributed by atoms with E-state index in [0.717, 1.165) is 45.7 Å². The van der Waals surface area contributed by atoms with Crippen LogP contribution in [0.25, 0.3) is 0 Å². The van der Waals surface area contributed by atoms with Crippen molar-refractivity contribution in [1.29, 1.82) is 0 Å². The van der Waals surface area contributed by atoms with Gasteiger partial charge in [-0.15, -0.1) is 0 Å². The summed E-state index contributed by atoms with van der Waals surface area (Å²) in [6.45, 7) is 6.01. The van der Waals surface area contributed by atoms with E-state index < -0.39 is 0 Å². The van der Waals surface area contributed by atoms with Crippen LogP contribution in [0, 0.1) is 0 Å². The Balaban J connectivity index is 1.30. The average molecular weight is 341 g/mol. The van der Waals surface area contributed by atoms with Gasteiger partial charge in [0.15, 0.2) is 0 Å². The maximum atomic E-state index is 12.3. The third-order valence-corrected chi connectivity index (χ3v) is 5.26. The van der Waals surface area contributed by atoms with E-state index in [0.29, 0.717) is 6.54 Å². The van der Waals surface area contributed by atoms with Crippen molar-refractivity contribution in [3.8, 4) is 0 Å². The van der Waals surface area contributed by atoms with Crippen LogP contribution in [0.4, 0.5) is 0 Å². The summed E-state index contributed by atoms with van der Waals surface area (Å²) in [5.74, 6) is 0.247. The van der Waals surface area contributed by atoms with Gasteiger partial charge in [0, 0.05) is 32.7 Å². The minimum atomic E-state index is 0.247. The van der Waals surface area contributed by atoms with Gasteiger partial charge in [-0.2, -0.15) is 0 Å². The van der Waals surface area contributed by atoms with Crippen molar-refractivity contribution >= 4 is 5.91 Å². The maximum Gasteiger partial charge on any atom is 0.236 e. The van der Waals surface area contributed by atoms with E-state index in [1.165, 1.54) is 31.2 Å². The SMILES string of the molecule is O=C(CNCCC1=CCCCC1)N1CCN(Cc2ccccc2)CC1. The molecule has 4 heteroatoms. The lowest BCUT2D eigenvalue weighted by Gasteiger charge is -2.34. The molecule has 0 aromatic heterocycles. The molecule has 1 amide bonds. The van der Waals surface area contributed by atoms with Crippen LogP contribution in [0.3, 0.4) is 0 Å². The topological polar surface area (TPSA) is 35.6 Å². The normalized spacial score (nSPS) is 18.9. The lowest BCUT2D eigenvalue weighted by molar-refractivity contribution is -0.132. The van der Waals surface area contributed by atoms with Gasteiger partial charge in [-0.05, 0) is 44.2 Å². The minimum absolute atomic E-state index is 0.247. The number of benzene rings is 1. The molecule has 0 saturated carbocycles. The van der Waals surface area contributed by atoms with Crippen molar-refractivity contribution in [2.24, 2.45) is 0 Å². The summed E-state index contributed by atoms with van der Waals surface area (Å²) in [6, 6.07) is 10.6. The van der Waals surface area contributed by atoms with Crippen molar-refractivity contribution in [3.63, 3.8) is 0 Å². The van der Waals surface area contributed by atoms with Gasteiger partial charge in [-0.1, -0.05) is 42.0 Å². The highest BCUT2D eigenvalue weighted by Crippen LogP contribution is 2.19. The molecule has 0 bridgehead atoms. The van der Waals surface area contributed by atoms with Crippen LogP contribution in [0.5, 0.6) is 0 Å². The number of carbonyl (C=O) groups excluding carboxylic acids is 1. The Morgan fingerprint density at radius 2 is 1.84 bits per heavy atom. The van der Waals surface area contributed by atoms with Gasteiger partial charge >= 0.3 is 0 Å². The Morgan fingerprint density at radius 3 is 2.56 bits per heavy atom. The summed E-state index contributed by atoms with van der Waals surface area (Å²) in [6.07, 6.45) is 8.64. The zero-order chi connectivity index (χ0) is 17.3. The van der Waals surface area contributed by atoms with Gasteiger partial charge in [0.05, 0.1) is 6.54 Å². The molecule has 0 radical (unpaired) electrons. The number of piperazine rings is 1. The number of rotatable bonds is 7. The lowest BCUT2D eigenvalue weighted by Crippen LogP contribution is -2.50. The van der Waals surface area contributed by atoms with Crippen molar-refractivity contribution in [3.05, 3.63) is 47.5 Å². The zero-order valence-electron chi connectivity index (χ0n) is 15.3. The first-order valence-corrected chi connectivity index (χ1v) is 9.74. The van der Waals surface area contributed by atoms with Crippen LogP contribution in [0.1, 0.15) is 37.7 Å². The number of allylic oxidation sites excluding steroid dienone is 1. The maximum absolute atomic E-state index is 12.3. The van der Waals surface area contributed by atoms with Crippen LogP contribution in [-0.2, 0) is 11.3 Å². The number of hydrogen-bond acceptors (Lipinski definition) is 3. The summed E-state index contributed by atoms with van der Waals surface area (Å²) in [5, 5.41) is 3.34. The molecule has 25 heavy (non-hydrogen) atoms. The quantitative estimate of drug-likeness (QED) is 0.612. The molecular formula is C21H31N3O. The number of hydrogen-bond donors (Lipinski definition) is 1. The molecule has 0 unspecified atom stereocenters. The molecule has 4 nitrogen and oxygen atoms in total. The lowest BCUT2D eigenvalue weighted by atomic mass is 9.97. The van der Waals surface area contributed by atoms with Crippen molar-refractivity contribution < 1.29 is 4.79 Å². The zero-order valence-corrected chi connectivity index (χ0v) is 15.3. The van der Waals surface area contributed by atoms with Crippen LogP contribution in [-0.4, -0.2) is 55.0 Å². The third kappa shape index (κ3) is 5.98. The largest absolute Gasteiger partial charge is 0.339 e. The fourth-order valence-electron chi connectivity index (χ4n) is 3.68. The number of nitrogens with zero attached hydrogens (tertiary/aromatic N) is 2. The highest BCUT2D eigenvalue weighted by atomic mass is 16.2. The monoisotopic (exact) mass is 341 g/mol. The van der Waals surface area contributed by atoms with Gasteiger partial charge in [0.2, 0.25) is 5.91 Å². The Labute approximate surface area is 151 Å². The van der Waals surface area contributed by atoms with E-state index in [-0.39, 0.29) is 5.91 Å². The van der Waals surface area contributed by atoms with Gasteiger partial charge in [0.25, 0.3) is 0 Å². The Kier molecular flexibility index (Phi) is 7.07. The predicted octanol–water partition coefficient (Wildman–Crippen LogP) is 2.81. The summed E-state index contributed by atoms with van der Waals surface area (Å²) in [4.78, 5) is 16.8. The Morgan fingerprint density at radius 1 is 1.04 bits per heavy atom. The smallest absolute Gasteiger partial charge is 0.236 e. The van der Waals surface area contributed by atoms with E-state index in [1.54, 1.807) is 5.57 Å². The van der Waals surface area contributed by atoms with E-state index >= 15 is 0 Å². The minimum Gasteiger partial charge on any atom is -0.339 e. The summed E-state index contributed by atoms with van der Waals surface area (Å²) in [5.41, 5.74) is 2.92. The predicted molar refractivity (Wildman–Crippen MR) is 102 cm³/mol. The fraction of sp³-hybridized carbons (Fsp3) is 0.571. The second kappa shape index (κ2) is 9.73. The highest BCUT2D eigenvalue weighted by molar-refractivity contribution is 5.78. The second-order valence-electron chi connectivity index (χ2n) is 7.18. The van der Waals surface area contributed by atoms with Crippen LogP contribution >= 0.6 is 0 Å². The van der Waals surface area contributed by atoms with E-state index in [9.17, 15) is 4.79 Å². The molecule has 1 aromatic rings. The molecule has 136 valence electrons. The van der Waals surface area contributed by atoms with Gasteiger partial charge in [-0.3, -0.25) is 9.69 Å². The molecule has 0 spiro atoms. The Bertz CT molecular complexity index is 562. The summed E-state index contributed by atoms with van der Waals surface area (Å²) < 4.78 is 0. The van der Waals surface area contributed by atoms with Crippen molar-refractivity contribution in [1.82, 2.24) is 15.1 Å². The third-order valence-electron chi connectivity index (χ3n) is 5.26. The van der Waals surface area contributed by atoms with Crippen LogP contribution < -0.4 is 5.32 Å². The first-order valence-electron chi connectivity index (χ1n) is 9.74. The average Bonchev–Trinajstić information content (AvgIpc) is 2.67. The van der Waals surface area contributed by atoms with E-state index in [2.05, 4.69) is 46.6 Å². The molecule has 1 aliphatic carbocycles. The van der Waals surface area contributed by atoms with E-state index in [1.807, 2.05) is 4.90 Å². The number of amides is 1. The molecule has 3 rings (SSSR count). The first-order chi connectivity index (χ1) is 12.3. The van der Waals surface area contributed by atoms with Gasteiger partial charge in [0.1, 0.15) is 0 Å². The van der Waals surface area contributed by atoms with Crippen LogP contribution in [0.15, 0.2) is 42.0 Å².